The molecule has 0 fully saturated rings. The molecule has 2 aromatic rings. The number of benzene rings is 2. The summed E-state index contributed by atoms with van der Waals surface area (Å²) in [7, 11) is 1.57. The molecule has 124 valence electrons. The van der Waals surface area contributed by atoms with E-state index in [1.165, 1.54) is 0 Å². The molecule has 0 aliphatic rings. The van der Waals surface area contributed by atoms with E-state index in [0.29, 0.717) is 39.3 Å². The highest BCUT2D eigenvalue weighted by molar-refractivity contribution is 9.10. The second kappa shape index (κ2) is 8.43. The van der Waals surface area contributed by atoms with E-state index < -0.39 is 0 Å². The van der Waals surface area contributed by atoms with Crippen LogP contribution in [0.15, 0.2) is 34.8 Å². The number of allylic oxidation sites excluding steroid dienone is 1. The van der Waals surface area contributed by atoms with Crippen molar-refractivity contribution in [3.8, 4) is 17.6 Å². The van der Waals surface area contributed by atoms with Gasteiger partial charge in [-0.3, -0.25) is 0 Å². The molecule has 0 amide bonds. The first-order chi connectivity index (χ1) is 11.5. The smallest absolute Gasteiger partial charge is 0.175 e. The molecular formula is C18H14BrCl2NO2. The van der Waals surface area contributed by atoms with Gasteiger partial charge < -0.3 is 9.47 Å². The first-order valence-electron chi connectivity index (χ1n) is 7.07. The van der Waals surface area contributed by atoms with Crippen LogP contribution in [-0.2, 0) is 0 Å². The number of halogens is 3. The Hall–Kier alpha value is -1.67. The average molecular weight is 427 g/mol. The van der Waals surface area contributed by atoms with Gasteiger partial charge in [0.1, 0.15) is 0 Å². The van der Waals surface area contributed by atoms with Crippen LogP contribution < -0.4 is 9.47 Å². The maximum Gasteiger partial charge on any atom is 0.175 e. The summed E-state index contributed by atoms with van der Waals surface area (Å²) < 4.78 is 11.7. The minimum absolute atomic E-state index is 0.423. The van der Waals surface area contributed by atoms with Crippen LogP contribution >= 0.6 is 39.1 Å². The highest BCUT2D eigenvalue weighted by Gasteiger charge is 2.12. The van der Waals surface area contributed by atoms with Gasteiger partial charge in [0.05, 0.1) is 34.9 Å². The van der Waals surface area contributed by atoms with Gasteiger partial charge >= 0.3 is 0 Å². The lowest BCUT2D eigenvalue weighted by atomic mass is 10.0. The second-order valence-corrected chi connectivity index (χ2v) is 6.46. The molecule has 0 aromatic heterocycles. The predicted octanol–water partition coefficient (Wildman–Crippen LogP) is 6.23. The maximum absolute atomic E-state index is 9.49. The molecule has 0 bridgehead atoms. The zero-order valence-corrected chi connectivity index (χ0v) is 16.2. The Kier molecular flexibility index (Phi) is 6.56. The summed E-state index contributed by atoms with van der Waals surface area (Å²) in [5.41, 5.74) is 1.83. The molecule has 0 spiro atoms. The molecular weight excluding hydrogens is 413 g/mol. The minimum atomic E-state index is 0.423. The van der Waals surface area contributed by atoms with E-state index in [-0.39, 0.29) is 0 Å². The monoisotopic (exact) mass is 425 g/mol. The molecule has 0 saturated heterocycles. The summed E-state index contributed by atoms with van der Waals surface area (Å²) in [6, 6.07) is 10.9. The fourth-order valence-electron chi connectivity index (χ4n) is 2.15. The number of ether oxygens (including phenoxy) is 2. The minimum Gasteiger partial charge on any atom is -0.493 e. The summed E-state index contributed by atoms with van der Waals surface area (Å²) in [5, 5.41) is 10.4. The number of hydrogen-bond acceptors (Lipinski definition) is 3. The van der Waals surface area contributed by atoms with Gasteiger partial charge in [-0.2, -0.15) is 5.26 Å². The van der Waals surface area contributed by atoms with Crippen molar-refractivity contribution >= 4 is 50.8 Å². The van der Waals surface area contributed by atoms with E-state index in [2.05, 4.69) is 22.0 Å². The molecule has 0 radical (unpaired) electrons. The van der Waals surface area contributed by atoms with Gasteiger partial charge in [0.25, 0.3) is 0 Å². The molecule has 0 aliphatic heterocycles. The van der Waals surface area contributed by atoms with Crippen LogP contribution in [0.2, 0.25) is 10.0 Å². The van der Waals surface area contributed by atoms with Crippen molar-refractivity contribution in [1.29, 1.82) is 5.26 Å². The molecule has 0 heterocycles. The third kappa shape index (κ3) is 4.24. The van der Waals surface area contributed by atoms with Crippen LogP contribution in [0.1, 0.15) is 18.1 Å². The number of methoxy groups -OCH3 is 1. The fraction of sp³-hybridized carbons (Fsp3) is 0.167. The molecule has 2 rings (SSSR count). The Bertz CT molecular complexity index is 828. The highest BCUT2D eigenvalue weighted by atomic mass is 79.9. The van der Waals surface area contributed by atoms with Gasteiger partial charge in [-0.15, -0.1) is 0 Å². The largest absolute Gasteiger partial charge is 0.493 e. The molecule has 0 atom stereocenters. The van der Waals surface area contributed by atoms with Gasteiger partial charge in [-0.1, -0.05) is 29.3 Å². The molecule has 24 heavy (non-hydrogen) atoms. The zero-order valence-electron chi connectivity index (χ0n) is 13.1. The Morgan fingerprint density at radius 2 is 2.04 bits per heavy atom. The van der Waals surface area contributed by atoms with E-state index in [0.717, 1.165) is 10.0 Å². The SMILES string of the molecule is CCOc1c(Br)cc(/C=C(\C#N)c2ccc(Cl)cc2Cl)cc1OC. The summed E-state index contributed by atoms with van der Waals surface area (Å²) >= 11 is 15.6. The Morgan fingerprint density at radius 3 is 2.62 bits per heavy atom. The molecule has 0 N–H and O–H groups in total. The summed E-state index contributed by atoms with van der Waals surface area (Å²) in [5.74, 6) is 1.21. The molecule has 0 aliphatic carbocycles. The lowest BCUT2D eigenvalue weighted by Crippen LogP contribution is -1.97. The van der Waals surface area contributed by atoms with E-state index in [4.69, 9.17) is 32.7 Å². The summed E-state index contributed by atoms with van der Waals surface area (Å²) in [4.78, 5) is 0. The third-order valence-corrected chi connectivity index (χ3v) is 4.33. The predicted molar refractivity (Wildman–Crippen MR) is 102 cm³/mol. The van der Waals surface area contributed by atoms with Crippen molar-refractivity contribution in [3.05, 3.63) is 56.0 Å². The van der Waals surface area contributed by atoms with Crippen LogP contribution in [0.25, 0.3) is 11.6 Å². The highest BCUT2D eigenvalue weighted by Crippen LogP contribution is 2.38. The van der Waals surface area contributed by atoms with Gasteiger partial charge in [0.2, 0.25) is 0 Å². The average Bonchev–Trinajstić information content (AvgIpc) is 2.55. The number of rotatable bonds is 5. The van der Waals surface area contributed by atoms with Crippen molar-refractivity contribution in [2.24, 2.45) is 0 Å². The molecule has 0 unspecified atom stereocenters. The zero-order chi connectivity index (χ0) is 17.7. The van der Waals surface area contributed by atoms with Crippen molar-refractivity contribution in [2.45, 2.75) is 6.92 Å². The standard InChI is InChI=1S/C18H14BrCl2NO2/c1-3-24-18-15(19)7-11(8-17(18)23-2)6-12(10-22)14-5-4-13(20)9-16(14)21/h4-9H,3H2,1-2H3/b12-6+. The Morgan fingerprint density at radius 1 is 1.29 bits per heavy atom. The van der Waals surface area contributed by atoms with Crippen molar-refractivity contribution in [3.63, 3.8) is 0 Å². The van der Waals surface area contributed by atoms with Crippen molar-refractivity contribution in [1.82, 2.24) is 0 Å². The second-order valence-electron chi connectivity index (χ2n) is 4.76. The maximum atomic E-state index is 9.49. The topological polar surface area (TPSA) is 42.2 Å². The number of nitriles is 1. The van der Waals surface area contributed by atoms with Crippen molar-refractivity contribution < 1.29 is 9.47 Å². The van der Waals surface area contributed by atoms with Gasteiger partial charge in [0.15, 0.2) is 11.5 Å². The van der Waals surface area contributed by atoms with Gasteiger partial charge in [0, 0.05) is 10.6 Å². The molecule has 6 heteroatoms. The Labute approximate surface area is 159 Å². The molecule has 0 saturated carbocycles. The number of hydrogen-bond donors (Lipinski definition) is 0. The fourth-order valence-corrected chi connectivity index (χ4v) is 3.24. The lowest BCUT2D eigenvalue weighted by Gasteiger charge is -2.12. The van der Waals surface area contributed by atoms with Crippen LogP contribution in [0.5, 0.6) is 11.5 Å². The van der Waals surface area contributed by atoms with Crippen LogP contribution in [0.3, 0.4) is 0 Å². The van der Waals surface area contributed by atoms with E-state index >= 15 is 0 Å². The van der Waals surface area contributed by atoms with E-state index in [1.54, 1.807) is 37.5 Å². The molecule has 3 nitrogen and oxygen atoms in total. The van der Waals surface area contributed by atoms with Gasteiger partial charge in [-0.25, -0.2) is 0 Å². The summed E-state index contributed by atoms with van der Waals surface area (Å²) in [6.45, 7) is 2.42. The van der Waals surface area contributed by atoms with E-state index in [1.807, 2.05) is 13.0 Å². The van der Waals surface area contributed by atoms with Gasteiger partial charge in [-0.05, 0) is 58.8 Å². The number of nitrogens with zero attached hydrogens (tertiary/aromatic N) is 1. The lowest BCUT2D eigenvalue weighted by molar-refractivity contribution is 0.309. The first-order valence-corrected chi connectivity index (χ1v) is 8.62. The van der Waals surface area contributed by atoms with Crippen LogP contribution in [0, 0.1) is 11.3 Å². The summed E-state index contributed by atoms with van der Waals surface area (Å²) in [6.07, 6.45) is 1.73. The quantitative estimate of drug-likeness (QED) is 0.420. The third-order valence-electron chi connectivity index (χ3n) is 3.19. The van der Waals surface area contributed by atoms with Crippen LogP contribution in [0.4, 0.5) is 0 Å². The van der Waals surface area contributed by atoms with Crippen molar-refractivity contribution in [2.75, 3.05) is 13.7 Å². The Balaban J connectivity index is 2.52. The first kappa shape index (κ1) is 18.7. The molecule has 2 aromatic carbocycles. The van der Waals surface area contributed by atoms with E-state index in [9.17, 15) is 5.26 Å². The van der Waals surface area contributed by atoms with Crippen LogP contribution in [-0.4, -0.2) is 13.7 Å². The normalized spacial score (nSPS) is 11.1.